The van der Waals surface area contributed by atoms with Crippen LogP contribution < -0.4 is 0 Å². The summed E-state index contributed by atoms with van der Waals surface area (Å²) in [6, 6.07) is 4.10. The molecule has 0 aromatic heterocycles. The van der Waals surface area contributed by atoms with Gasteiger partial charge in [0.2, 0.25) is 0 Å². The molecule has 5 nitrogen and oxygen atoms in total. The molecule has 1 aliphatic rings. The molecular formula is C18H23NO4. The predicted molar refractivity (Wildman–Crippen MR) is 89.3 cm³/mol. The van der Waals surface area contributed by atoms with E-state index in [1.165, 1.54) is 26.0 Å². The highest BCUT2D eigenvalue weighted by Crippen LogP contribution is 2.29. The smallest absolute Gasteiger partial charge is 0.341 e. The number of oxime groups is 1. The zero-order chi connectivity index (χ0) is 16.8. The first-order chi connectivity index (χ1) is 11.1. The van der Waals surface area contributed by atoms with E-state index in [1.807, 2.05) is 19.9 Å². The number of benzene rings is 1. The average molecular weight is 317 g/mol. The topological polar surface area (TPSA) is 57.1 Å². The normalized spacial score (nSPS) is 16.0. The Labute approximate surface area is 136 Å². The molecule has 0 spiro atoms. The lowest BCUT2D eigenvalue weighted by Gasteiger charge is -2.20. The van der Waals surface area contributed by atoms with E-state index in [1.54, 1.807) is 0 Å². The molecule has 1 aromatic carbocycles. The third-order valence-electron chi connectivity index (χ3n) is 3.86. The molecule has 0 saturated carbocycles. The lowest BCUT2D eigenvalue weighted by atomic mass is 9.85. The Balaban J connectivity index is 2.54. The second-order valence-electron chi connectivity index (χ2n) is 5.39. The van der Waals surface area contributed by atoms with Gasteiger partial charge in [0.25, 0.3) is 0 Å². The summed E-state index contributed by atoms with van der Waals surface area (Å²) < 4.78 is 9.92. The molecule has 23 heavy (non-hydrogen) atoms. The quantitative estimate of drug-likeness (QED) is 0.362. The van der Waals surface area contributed by atoms with Gasteiger partial charge in [-0.25, -0.2) is 4.79 Å². The summed E-state index contributed by atoms with van der Waals surface area (Å²) >= 11 is 0. The van der Waals surface area contributed by atoms with Gasteiger partial charge in [-0.1, -0.05) is 11.2 Å². The number of hydrogen-bond donors (Lipinski definition) is 0. The standard InChI is InChI=1S/C18H23NO4/c1-5-23-19-17-8-6-7-13-9-12(2)14(10-15(13)17)16(11-21-3)18(20)22-4/h9-11H,5-8H2,1-4H3/b16-11+,19-17+. The van der Waals surface area contributed by atoms with Crippen molar-refractivity contribution < 1.29 is 19.1 Å². The second kappa shape index (κ2) is 7.81. The van der Waals surface area contributed by atoms with Crippen molar-refractivity contribution in [2.75, 3.05) is 20.8 Å². The van der Waals surface area contributed by atoms with Gasteiger partial charge in [-0.2, -0.15) is 0 Å². The minimum atomic E-state index is -0.422. The van der Waals surface area contributed by atoms with Crippen molar-refractivity contribution in [1.82, 2.24) is 0 Å². The number of rotatable bonds is 5. The lowest BCUT2D eigenvalue weighted by Crippen LogP contribution is -2.15. The Morgan fingerprint density at radius 3 is 2.74 bits per heavy atom. The lowest BCUT2D eigenvalue weighted by molar-refractivity contribution is -0.133. The van der Waals surface area contributed by atoms with Crippen LogP contribution in [-0.2, 0) is 25.5 Å². The Morgan fingerprint density at radius 1 is 1.30 bits per heavy atom. The van der Waals surface area contributed by atoms with E-state index < -0.39 is 5.97 Å². The first-order valence-electron chi connectivity index (χ1n) is 7.76. The molecule has 0 amide bonds. The van der Waals surface area contributed by atoms with Gasteiger partial charge in [-0.15, -0.1) is 0 Å². The van der Waals surface area contributed by atoms with Gasteiger partial charge in [0.15, 0.2) is 0 Å². The van der Waals surface area contributed by atoms with Crippen molar-refractivity contribution in [3.05, 3.63) is 40.6 Å². The summed E-state index contributed by atoms with van der Waals surface area (Å²) in [5, 5.41) is 4.23. The summed E-state index contributed by atoms with van der Waals surface area (Å²) in [4.78, 5) is 17.3. The van der Waals surface area contributed by atoms with Crippen LogP contribution in [0.4, 0.5) is 0 Å². The maximum atomic E-state index is 12.1. The number of hydrogen-bond acceptors (Lipinski definition) is 5. The Kier molecular flexibility index (Phi) is 5.79. The molecule has 0 radical (unpaired) electrons. The predicted octanol–water partition coefficient (Wildman–Crippen LogP) is 3.23. The van der Waals surface area contributed by atoms with E-state index in [4.69, 9.17) is 14.3 Å². The second-order valence-corrected chi connectivity index (χ2v) is 5.39. The molecule has 124 valence electrons. The molecule has 0 N–H and O–H groups in total. The zero-order valence-electron chi connectivity index (χ0n) is 14.1. The van der Waals surface area contributed by atoms with E-state index in [0.717, 1.165) is 41.7 Å². The summed E-state index contributed by atoms with van der Waals surface area (Å²) in [6.07, 6.45) is 4.35. The summed E-state index contributed by atoms with van der Waals surface area (Å²) in [6.45, 7) is 4.43. The molecule has 5 heteroatoms. The van der Waals surface area contributed by atoms with Crippen molar-refractivity contribution in [2.24, 2.45) is 5.16 Å². The van der Waals surface area contributed by atoms with Crippen molar-refractivity contribution in [2.45, 2.75) is 33.1 Å². The summed E-state index contributed by atoms with van der Waals surface area (Å²) in [7, 11) is 2.88. The summed E-state index contributed by atoms with van der Waals surface area (Å²) in [5.74, 6) is -0.422. The van der Waals surface area contributed by atoms with Crippen LogP contribution >= 0.6 is 0 Å². The van der Waals surface area contributed by atoms with Gasteiger partial charge in [0.1, 0.15) is 12.2 Å². The number of methoxy groups -OCH3 is 2. The van der Waals surface area contributed by atoms with Gasteiger partial charge < -0.3 is 14.3 Å². The molecule has 1 aromatic rings. The molecule has 0 saturated heterocycles. The SMILES string of the molecule is CCO/N=C1\CCCc2cc(C)c(/C(=C\OC)C(=O)OC)cc21. The van der Waals surface area contributed by atoms with Crippen LogP contribution in [0, 0.1) is 6.92 Å². The number of ether oxygens (including phenoxy) is 2. The minimum Gasteiger partial charge on any atom is -0.503 e. The van der Waals surface area contributed by atoms with E-state index in [0.29, 0.717) is 12.2 Å². The minimum absolute atomic E-state index is 0.400. The van der Waals surface area contributed by atoms with Crippen LogP contribution in [0.2, 0.25) is 0 Å². The van der Waals surface area contributed by atoms with E-state index in [9.17, 15) is 4.79 Å². The molecule has 0 bridgehead atoms. The fraction of sp³-hybridized carbons (Fsp3) is 0.444. The Hall–Kier alpha value is -2.30. The largest absolute Gasteiger partial charge is 0.503 e. The third-order valence-corrected chi connectivity index (χ3v) is 3.86. The molecule has 2 rings (SSSR count). The van der Waals surface area contributed by atoms with Crippen molar-refractivity contribution in [3.63, 3.8) is 0 Å². The van der Waals surface area contributed by atoms with Crippen molar-refractivity contribution in [3.8, 4) is 0 Å². The van der Waals surface area contributed by atoms with Gasteiger partial charge in [-0.3, -0.25) is 0 Å². The fourth-order valence-electron chi connectivity index (χ4n) is 2.80. The van der Waals surface area contributed by atoms with Crippen molar-refractivity contribution in [1.29, 1.82) is 0 Å². The first kappa shape index (κ1) is 17.1. The van der Waals surface area contributed by atoms with Crippen molar-refractivity contribution >= 4 is 17.3 Å². The molecule has 0 heterocycles. The van der Waals surface area contributed by atoms with Gasteiger partial charge in [0.05, 0.1) is 26.2 Å². The maximum Gasteiger partial charge on any atom is 0.341 e. The van der Waals surface area contributed by atoms with Gasteiger partial charge >= 0.3 is 5.97 Å². The zero-order valence-corrected chi connectivity index (χ0v) is 14.1. The van der Waals surface area contributed by atoms with Crippen LogP contribution in [0.3, 0.4) is 0 Å². The molecule has 0 fully saturated rings. The third kappa shape index (κ3) is 3.73. The van der Waals surface area contributed by atoms with Crippen LogP contribution in [0.1, 0.15) is 42.0 Å². The van der Waals surface area contributed by atoms with Gasteiger partial charge in [-0.05, 0) is 55.9 Å². The number of carbonyl (C=O) groups is 1. The molecule has 0 aliphatic heterocycles. The molecule has 0 unspecified atom stereocenters. The highest BCUT2D eigenvalue weighted by molar-refractivity contribution is 6.17. The molecule has 0 atom stereocenters. The molecule has 1 aliphatic carbocycles. The number of nitrogens with zero attached hydrogens (tertiary/aromatic N) is 1. The van der Waals surface area contributed by atoms with Gasteiger partial charge in [0, 0.05) is 5.56 Å². The molecular weight excluding hydrogens is 294 g/mol. The average Bonchev–Trinajstić information content (AvgIpc) is 2.56. The van der Waals surface area contributed by atoms with E-state index in [-0.39, 0.29) is 0 Å². The van der Waals surface area contributed by atoms with Crippen LogP contribution in [0.25, 0.3) is 5.57 Å². The number of aryl methyl sites for hydroxylation is 2. The first-order valence-corrected chi connectivity index (χ1v) is 7.76. The van der Waals surface area contributed by atoms with E-state index in [2.05, 4.69) is 11.2 Å². The van der Waals surface area contributed by atoms with Crippen LogP contribution in [-0.4, -0.2) is 32.5 Å². The van der Waals surface area contributed by atoms with Crippen LogP contribution in [0.5, 0.6) is 0 Å². The Morgan fingerprint density at radius 2 is 2.09 bits per heavy atom. The highest BCUT2D eigenvalue weighted by Gasteiger charge is 2.22. The van der Waals surface area contributed by atoms with Crippen LogP contribution in [0.15, 0.2) is 23.6 Å². The fourth-order valence-corrected chi connectivity index (χ4v) is 2.80. The number of fused-ring (bicyclic) bond motifs is 1. The number of esters is 1. The Bertz CT molecular complexity index is 647. The maximum absolute atomic E-state index is 12.1. The van der Waals surface area contributed by atoms with E-state index >= 15 is 0 Å². The monoisotopic (exact) mass is 317 g/mol. The highest BCUT2D eigenvalue weighted by atomic mass is 16.6. The number of carbonyl (C=O) groups excluding carboxylic acids is 1. The summed E-state index contributed by atoms with van der Waals surface area (Å²) in [5.41, 5.74) is 5.40.